The molecule has 1 saturated heterocycles. The van der Waals surface area contributed by atoms with Crippen LogP contribution in [0.25, 0.3) is 0 Å². The van der Waals surface area contributed by atoms with Gasteiger partial charge in [0.15, 0.2) is 0 Å². The number of hydrogen-bond acceptors (Lipinski definition) is 2. The summed E-state index contributed by atoms with van der Waals surface area (Å²) in [7, 11) is 0. The van der Waals surface area contributed by atoms with E-state index in [0.29, 0.717) is 26.3 Å². The monoisotopic (exact) mass is 347 g/mol. The van der Waals surface area contributed by atoms with Gasteiger partial charge < -0.3 is 9.64 Å². The summed E-state index contributed by atoms with van der Waals surface area (Å²) in [5, 5.41) is 0. The Bertz CT molecular complexity index is 481. The van der Waals surface area contributed by atoms with Crippen LogP contribution in [0.4, 0.5) is 8.78 Å². The van der Waals surface area contributed by atoms with E-state index in [9.17, 15) is 13.6 Å². The van der Waals surface area contributed by atoms with E-state index in [-0.39, 0.29) is 10.4 Å². The smallest absolute Gasteiger partial charge is 0.259 e. The van der Waals surface area contributed by atoms with Gasteiger partial charge in [0.2, 0.25) is 0 Å². The Labute approximate surface area is 125 Å². The number of nitrogens with zero attached hydrogens (tertiary/aromatic N) is 1. The van der Waals surface area contributed by atoms with Crippen LogP contribution in [0.15, 0.2) is 16.6 Å². The molecule has 1 heterocycles. The Hall–Kier alpha value is -1.01. The Morgan fingerprint density at radius 3 is 2.60 bits per heavy atom. The molecular formula is C14H16BrF2NO2. The van der Waals surface area contributed by atoms with Gasteiger partial charge in [-0.15, -0.1) is 0 Å². The molecule has 0 N–H and O–H groups in total. The van der Waals surface area contributed by atoms with Crippen molar-refractivity contribution in [3.63, 3.8) is 0 Å². The first-order chi connectivity index (χ1) is 9.52. The summed E-state index contributed by atoms with van der Waals surface area (Å²) in [6.07, 6.45) is 0.870. The molecule has 1 atom stereocenters. The van der Waals surface area contributed by atoms with Gasteiger partial charge in [0.1, 0.15) is 17.2 Å². The summed E-state index contributed by atoms with van der Waals surface area (Å²) in [6.45, 7) is 3.93. The molecule has 0 radical (unpaired) electrons. The van der Waals surface area contributed by atoms with Gasteiger partial charge in [-0.25, -0.2) is 8.78 Å². The molecule has 1 amide bonds. The molecule has 0 unspecified atom stereocenters. The van der Waals surface area contributed by atoms with Crippen molar-refractivity contribution in [2.24, 2.45) is 5.92 Å². The van der Waals surface area contributed by atoms with Crippen molar-refractivity contribution in [3.05, 3.63) is 33.8 Å². The molecule has 0 spiro atoms. The molecule has 110 valence electrons. The van der Waals surface area contributed by atoms with Crippen LogP contribution in [0.2, 0.25) is 0 Å². The zero-order valence-corrected chi connectivity index (χ0v) is 12.8. The van der Waals surface area contributed by atoms with Crippen molar-refractivity contribution in [2.45, 2.75) is 13.3 Å². The van der Waals surface area contributed by atoms with Crippen LogP contribution in [-0.4, -0.2) is 37.1 Å². The predicted molar refractivity (Wildman–Crippen MR) is 74.6 cm³/mol. The van der Waals surface area contributed by atoms with Gasteiger partial charge in [-0.1, -0.05) is 15.9 Å². The summed E-state index contributed by atoms with van der Waals surface area (Å²) in [5.41, 5.74) is -0.492. The molecule has 1 aromatic carbocycles. The zero-order chi connectivity index (χ0) is 14.7. The second-order valence-corrected chi connectivity index (χ2v) is 5.73. The molecule has 1 aliphatic rings. The minimum atomic E-state index is -0.844. The summed E-state index contributed by atoms with van der Waals surface area (Å²) in [5.74, 6) is -2.06. The Morgan fingerprint density at radius 2 is 2.10 bits per heavy atom. The fourth-order valence-electron chi connectivity index (χ4n) is 2.30. The van der Waals surface area contributed by atoms with Gasteiger partial charge in [-0.3, -0.25) is 4.79 Å². The maximum atomic E-state index is 13.8. The van der Waals surface area contributed by atoms with Crippen LogP contribution in [0.5, 0.6) is 0 Å². The van der Waals surface area contributed by atoms with E-state index in [0.717, 1.165) is 18.6 Å². The zero-order valence-electron chi connectivity index (χ0n) is 11.2. The Kier molecular flexibility index (Phi) is 5.10. The molecule has 1 aromatic rings. The first-order valence-electron chi connectivity index (χ1n) is 6.54. The highest BCUT2D eigenvalue weighted by Crippen LogP contribution is 2.22. The lowest BCUT2D eigenvalue weighted by Gasteiger charge is -2.24. The van der Waals surface area contributed by atoms with E-state index in [1.165, 1.54) is 4.90 Å². The quantitative estimate of drug-likeness (QED) is 0.836. The van der Waals surface area contributed by atoms with Gasteiger partial charge in [-0.05, 0) is 25.5 Å². The van der Waals surface area contributed by atoms with E-state index in [2.05, 4.69) is 15.9 Å². The normalized spacial score (nSPS) is 18.3. The number of carbonyl (C=O) groups is 1. The van der Waals surface area contributed by atoms with Gasteiger partial charge in [0.25, 0.3) is 5.91 Å². The first-order valence-corrected chi connectivity index (χ1v) is 7.33. The molecule has 0 aliphatic carbocycles. The SMILES string of the molecule is CCN(C[C@@H]1CCOC1)C(=O)c1c(F)cc(Br)cc1F. The number of carbonyl (C=O) groups excluding carboxylic acids is 1. The number of amides is 1. The van der Waals surface area contributed by atoms with Crippen molar-refractivity contribution in [1.82, 2.24) is 4.90 Å². The molecule has 20 heavy (non-hydrogen) atoms. The number of ether oxygens (including phenoxy) is 1. The van der Waals surface area contributed by atoms with Gasteiger partial charge in [-0.2, -0.15) is 0 Å². The lowest BCUT2D eigenvalue weighted by atomic mass is 10.1. The third-order valence-electron chi connectivity index (χ3n) is 3.39. The first kappa shape index (κ1) is 15.4. The lowest BCUT2D eigenvalue weighted by molar-refractivity contribution is 0.0721. The molecule has 1 fully saturated rings. The average molecular weight is 348 g/mol. The number of benzene rings is 1. The number of rotatable bonds is 4. The fourth-order valence-corrected chi connectivity index (χ4v) is 2.70. The highest BCUT2D eigenvalue weighted by Gasteiger charge is 2.26. The van der Waals surface area contributed by atoms with Crippen LogP contribution >= 0.6 is 15.9 Å². The minimum absolute atomic E-state index is 0.237. The van der Waals surface area contributed by atoms with Crippen LogP contribution in [0.3, 0.4) is 0 Å². The number of halogens is 3. The van der Waals surface area contributed by atoms with E-state index >= 15 is 0 Å². The van der Waals surface area contributed by atoms with Crippen LogP contribution in [0, 0.1) is 17.6 Å². The molecule has 0 bridgehead atoms. The average Bonchev–Trinajstić information content (AvgIpc) is 2.87. The van der Waals surface area contributed by atoms with Crippen molar-refractivity contribution >= 4 is 21.8 Å². The van der Waals surface area contributed by atoms with E-state index < -0.39 is 23.1 Å². The Balaban J connectivity index is 2.19. The maximum absolute atomic E-state index is 13.8. The topological polar surface area (TPSA) is 29.5 Å². The summed E-state index contributed by atoms with van der Waals surface area (Å²) in [6, 6.07) is 2.20. The van der Waals surface area contributed by atoms with Gasteiger partial charge >= 0.3 is 0 Å². The molecule has 2 rings (SSSR count). The fraction of sp³-hybridized carbons (Fsp3) is 0.500. The van der Waals surface area contributed by atoms with Crippen LogP contribution < -0.4 is 0 Å². The molecule has 0 saturated carbocycles. The summed E-state index contributed by atoms with van der Waals surface area (Å²) >= 11 is 3.00. The number of hydrogen-bond donors (Lipinski definition) is 0. The lowest BCUT2D eigenvalue weighted by Crippen LogP contribution is -2.36. The summed E-state index contributed by atoms with van der Waals surface area (Å²) < 4.78 is 33.2. The summed E-state index contributed by atoms with van der Waals surface area (Å²) in [4.78, 5) is 13.8. The van der Waals surface area contributed by atoms with Crippen molar-refractivity contribution in [1.29, 1.82) is 0 Å². The van der Waals surface area contributed by atoms with Crippen LogP contribution in [-0.2, 0) is 4.74 Å². The molecule has 1 aliphatic heterocycles. The van der Waals surface area contributed by atoms with Gasteiger partial charge in [0, 0.05) is 30.1 Å². The third-order valence-corrected chi connectivity index (χ3v) is 3.85. The van der Waals surface area contributed by atoms with Crippen molar-refractivity contribution in [2.75, 3.05) is 26.3 Å². The standard InChI is InChI=1S/C14H16BrF2NO2/c1-2-18(7-9-3-4-20-8-9)14(19)13-11(16)5-10(15)6-12(13)17/h5-6,9H,2-4,7-8H2,1H3/t9-/m0/s1. The third kappa shape index (κ3) is 3.35. The van der Waals surface area contributed by atoms with Crippen molar-refractivity contribution < 1.29 is 18.3 Å². The minimum Gasteiger partial charge on any atom is -0.381 e. The highest BCUT2D eigenvalue weighted by atomic mass is 79.9. The van der Waals surface area contributed by atoms with Crippen LogP contribution in [0.1, 0.15) is 23.7 Å². The predicted octanol–water partition coefficient (Wildman–Crippen LogP) is 3.23. The molecular weight excluding hydrogens is 332 g/mol. The van der Waals surface area contributed by atoms with E-state index in [1.807, 2.05) is 0 Å². The highest BCUT2D eigenvalue weighted by molar-refractivity contribution is 9.10. The molecule has 0 aromatic heterocycles. The van der Waals surface area contributed by atoms with Gasteiger partial charge in [0.05, 0.1) is 6.61 Å². The molecule has 3 nitrogen and oxygen atoms in total. The van der Waals surface area contributed by atoms with Crippen molar-refractivity contribution in [3.8, 4) is 0 Å². The molecule has 6 heteroatoms. The second kappa shape index (κ2) is 6.63. The maximum Gasteiger partial charge on any atom is 0.259 e. The van der Waals surface area contributed by atoms with E-state index in [4.69, 9.17) is 4.74 Å². The second-order valence-electron chi connectivity index (χ2n) is 4.82. The largest absolute Gasteiger partial charge is 0.381 e. The van der Waals surface area contributed by atoms with E-state index in [1.54, 1.807) is 6.92 Å². The Morgan fingerprint density at radius 1 is 1.45 bits per heavy atom.